The van der Waals surface area contributed by atoms with Crippen LogP contribution in [0.15, 0.2) is 11.1 Å². The average molecular weight is 452 g/mol. The summed E-state index contributed by atoms with van der Waals surface area (Å²) in [5.41, 5.74) is -2.08. The second-order valence-corrected chi connectivity index (χ2v) is 8.68. The van der Waals surface area contributed by atoms with E-state index < -0.39 is 53.4 Å². The van der Waals surface area contributed by atoms with Crippen molar-refractivity contribution in [1.29, 1.82) is 0 Å². The fourth-order valence-electron chi connectivity index (χ4n) is 4.26. The van der Waals surface area contributed by atoms with E-state index in [2.05, 4.69) is 0 Å². The Morgan fingerprint density at radius 1 is 1.12 bits per heavy atom. The lowest BCUT2D eigenvalue weighted by molar-refractivity contribution is -0.169. The third-order valence-corrected chi connectivity index (χ3v) is 6.06. The summed E-state index contributed by atoms with van der Waals surface area (Å²) >= 11 is 0. The Hall–Kier alpha value is -2.75. The first-order valence-electron chi connectivity index (χ1n) is 10.6. The molecule has 3 aliphatic rings. The van der Waals surface area contributed by atoms with Crippen LogP contribution >= 0.6 is 0 Å². The lowest BCUT2D eigenvalue weighted by Gasteiger charge is -2.34. The van der Waals surface area contributed by atoms with Gasteiger partial charge in [0, 0.05) is 38.7 Å². The topological polar surface area (TPSA) is 135 Å². The number of rotatable bonds is 5. The summed E-state index contributed by atoms with van der Waals surface area (Å²) in [6.07, 6.45) is -2.36. The maximum Gasteiger partial charge on any atom is 0.338 e. The zero-order valence-corrected chi connectivity index (χ0v) is 18.9. The SMILES string of the molecule is CCC(=O)OC1C[C@@](C)(OC(C)=O)C(=O)CC[C@@]2(C)O[C@@H]2[C@H]2OC(=O)C(COC(C)=O)=C12. The van der Waals surface area contributed by atoms with Crippen LogP contribution in [0.1, 0.15) is 60.3 Å². The molecule has 0 N–H and O–H groups in total. The molecular formula is C22H28O10. The maximum absolute atomic E-state index is 13.1. The smallest absolute Gasteiger partial charge is 0.338 e. The molecule has 2 fully saturated rings. The third kappa shape index (κ3) is 4.69. The third-order valence-electron chi connectivity index (χ3n) is 6.06. The van der Waals surface area contributed by atoms with Crippen molar-refractivity contribution in [1.82, 2.24) is 0 Å². The molecule has 2 aliphatic heterocycles. The molecule has 0 aromatic carbocycles. The highest BCUT2D eigenvalue weighted by Gasteiger charge is 2.63. The van der Waals surface area contributed by atoms with Gasteiger partial charge in [0.15, 0.2) is 17.5 Å². The molecule has 32 heavy (non-hydrogen) atoms. The van der Waals surface area contributed by atoms with Crippen molar-refractivity contribution in [3.05, 3.63) is 11.1 Å². The number of esters is 4. The van der Waals surface area contributed by atoms with Gasteiger partial charge in [-0.15, -0.1) is 0 Å². The van der Waals surface area contributed by atoms with Crippen molar-refractivity contribution in [2.45, 2.75) is 89.8 Å². The van der Waals surface area contributed by atoms with Gasteiger partial charge in [0.2, 0.25) is 0 Å². The van der Waals surface area contributed by atoms with Crippen LogP contribution in [0.2, 0.25) is 0 Å². The molecule has 10 heteroatoms. The zero-order valence-electron chi connectivity index (χ0n) is 18.9. The first-order chi connectivity index (χ1) is 14.9. The molecule has 0 aromatic heterocycles. The molecule has 0 radical (unpaired) electrons. The normalized spacial score (nSPS) is 34.1. The Labute approximate surface area is 185 Å². The Balaban J connectivity index is 2.12. The Bertz CT molecular complexity index is 889. The summed E-state index contributed by atoms with van der Waals surface area (Å²) in [5.74, 6) is -2.94. The van der Waals surface area contributed by atoms with Crippen LogP contribution in [-0.4, -0.2) is 65.8 Å². The molecular weight excluding hydrogens is 424 g/mol. The molecule has 0 bridgehead atoms. The number of ether oxygens (including phenoxy) is 5. The van der Waals surface area contributed by atoms with Crippen LogP contribution in [0.3, 0.4) is 0 Å². The summed E-state index contributed by atoms with van der Waals surface area (Å²) in [7, 11) is 0. The molecule has 0 aromatic rings. The van der Waals surface area contributed by atoms with E-state index in [-0.39, 0.29) is 42.8 Å². The number of hydrogen-bond donors (Lipinski definition) is 0. The second-order valence-electron chi connectivity index (χ2n) is 8.68. The van der Waals surface area contributed by atoms with Crippen LogP contribution in [0.5, 0.6) is 0 Å². The second kappa shape index (κ2) is 8.65. The van der Waals surface area contributed by atoms with Gasteiger partial charge in [0.25, 0.3) is 0 Å². The number of fused-ring (bicyclic) bond motifs is 3. The molecule has 0 spiro atoms. The Morgan fingerprint density at radius 3 is 2.41 bits per heavy atom. The van der Waals surface area contributed by atoms with E-state index >= 15 is 0 Å². The van der Waals surface area contributed by atoms with Crippen molar-refractivity contribution in [2.75, 3.05) is 6.61 Å². The van der Waals surface area contributed by atoms with E-state index in [1.54, 1.807) is 13.8 Å². The predicted molar refractivity (Wildman–Crippen MR) is 106 cm³/mol. The van der Waals surface area contributed by atoms with Gasteiger partial charge in [0.05, 0.1) is 11.2 Å². The first kappa shape index (κ1) is 23.9. The molecule has 176 valence electrons. The monoisotopic (exact) mass is 452 g/mol. The first-order valence-corrected chi connectivity index (χ1v) is 10.6. The number of epoxide rings is 1. The highest BCUT2D eigenvalue weighted by Crippen LogP contribution is 2.50. The van der Waals surface area contributed by atoms with Gasteiger partial charge in [-0.3, -0.25) is 19.2 Å². The summed E-state index contributed by atoms with van der Waals surface area (Å²) in [6, 6.07) is 0. The van der Waals surface area contributed by atoms with E-state index in [9.17, 15) is 24.0 Å². The van der Waals surface area contributed by atoms with Gasteiger partial charge in [-0.25, -0.2) is 4.79 Å². The molecule has 3 rings (SSSR count). The lowest BCUT2D eigenvalue weighted by atomic mass is 9.80. The maximum atomic E-state index is 13.1. The van der Waals surface area contributed by atoms with Crippen molar-refractivity contribution in [3.63, 3.8) is 0 Å². The van der Waals surface area contributed by atoms with Gasteiger partial charge in [0.1, 0.15) is 18.8 Å². The summed E-state index contributed by atoms with van der Waals surface area (Å²) in [4.78, 5) is 61.2. The fraction of sp³-hybridized carbons (Fsp3) is 0.682. The largest absolute Gasteiger partial charge is 0.461 e. The van der Waals surface area contributed by atoms with Gasteiger partial charge < -0.3 is 23.7 Å². The molecule has 1 unspecified atom stereocenters. The van der Waals surface area contributed by atoms with Gasteiger partial charge in [-0.05, 0) is 20.3 Å². The molecule has 1 saturated carbocycles. The van der Waals surface area contributed by atoms with E-state index in [0.717, 1.165) is 0 Å². The zero-order chi connectivity index (χ0) is 23.8. The van der Waals surface area contributed by atoms with Gasteiger partial charge in [-0.2, -0.15) is 0 Å². The summed E-state index contributed by atoms with van der Waals surface area (Å²) < 4.78 is 27.5. The van der Waals surface area contributed by atoms with E-state index in [1.165, 1.54) is 20.8 Å². The predicted octanol–water partition coefficient (Wildman–Crippen LogP) is 1.33. The number of carbonyl (C=O) groups excluding carboxylic acids is 5. The van der Waals surface area contributed by atoms with Gasteiger partial charge >= 0.3 is 23.9 Å². The molecule has 1 saturated heterocycles. The highest BCUT2D eigenvalue weighted by molar-refractivity contribution is 5.94. The number of ketones is 1. The fourth-order valence-corrected chi connectivity index (χ4v) is 4.26. The van der Waals surface area contributed by atoms with Crippen molar-refractivity contribution in [3.8, 4) is 0 Å². The van der Waals surface area contributed by atoms with E-state index in [4.69, 9.17) is 23.7 Å². The number of Topliss-reactive ketones (excluding diaryl/α,β-unsaturated/α-hetero) is 1. The minimum atomic E-state index is -1.61. The van der Waals surface area contributed by atoms with Crippen molar-refractivity contribution >= 4 is 29.7 Å². The minimum Gasteiger partial charge on any atom is -0.461 e. The molecule has 2 heterocycles. The quantitative estimate of drug-likeness (QED) is 0.341. The lowest BCUT2D eigenvalue weighted by Crippen LogP contribution is -2.47. The Kier molecular flexibility index (Phi) is 6.46. The van der Waals surface area contributed by atoms with Crippen LogP contribution in [0, 0.1) is 0 Å². The van der Waals surface area contributed by atoms with Gasteiger partial charge in [-0.1, -0.05) is 6.92 Å². The van der Waals surface area contributed by atoms with Crippen LogP contribution in [0.25, 0.3) is 0 Å². The van der Waals surface area contributed by atoms with E-state index in [1.807, 2.05) is 0 Å². The van der Waals surface area contributed by atoms with E-state index in [0.29, 0.717) is 6.42 Å². The average Bonchev–Trinajstić information content (AvgIpc) is 3.25. The van der Waals surface area contributed by atoms with Crippen molar-refractivity contribution in [2.24, 2.45) is 0 Å². The van der Waals surface area contributed by atoms with Crippen LogP contribution in [-0.2, 0) is 47.7 Å². The molecule has 10 nitrogen and oxygen atoms in total. The molecule has 0 amide bonds. The van der Waals surface area contributed by atoms with Crippen LogP contribution in [0.4, 0.5) is 0 Å². The van der Waals surface area contributed by atoms with Crippen molar-refractivity contribution < 1.29 is 47.7 Å². The Morgan fingerprint density at radius 2 is 1.81 bits per heavy atom. The summed E-state index contributed by atoms with van der Waals surface area (Å²) in [5, 5.41) is 0. The number of carbonyl (C=O) groups is 5. The molecule has 5 atom stereocenters. The number of hydrogen-bond acceptors (Lipinski definition) is 10. The molecule has 1 aliphatic carbocycles. The summed E-state index contributed by atoms with van der Waals surface area (Å²) in [6.45, 7) is 6.84. The minimum absolute atomic E-state index is 0.0233. The standard InChI is InChI=1S/C22H28O10/c1-6-16(26)29-14-9-22(5,31-12(3)24)15(25)7-8-21(4)19(32-21)18-17(14)13(20(27)30-18)10-28-11(2)23/h14,18-19H,6-10H2,1-5H3/t14?,18-,19+,21+,22+/m0/s1. The highest BCUT2D eigenvalue weighted by atomic mass is 16.7. The van der Waals surface area contributed by atoms with Crippen LogP contribution < -0.4 is 0 Å².